The first-order valence-electron chi connectivity index (χ1n) is 11.7. The average molecular weight is 430 g/mol. The second-order valence-corrected chi connectivity index (χ2v) is 10.8. The average Bonchev–Trinajstić information content (AvgIpc) is 3.01. The highest BCUT2D eigenvalue weighted by atomic mass is 35.5. The molecule has 4 fully saturated rings. The van der Waals surface area contributed by atoms with E-state index in [0.717, 1.165) is 57.0 Å². The van der Waals surface area contributed by atoms with Gasteiger partial charge in [0.15, 0.2) is 0 Å². The second kappa shape index (κ2) is 7.87. The minimum Gasteiger partial charge on any atom is -0.462 e. The monoisotopic (exact) mass is 429 g/mol. The summed E-state index contributed by atoms with van der Waals surface area (Å²) in [6, 6.07) is 8.11. The molecule has 162 valence electrons. The molecule has 5 rings (SSSR count). The van der Waals surface area contributed by atoms with Gasteiger partial charge in [0.05, 0.1) is 32.7 Å². The number of benzene rings is 1. The number of allylic oxidation sites excluding steroid dienone is 1. The molecular formula is C25H34ClN2O2+. The molecule has 1 aromatic rings. The Balaban J connectivity index is 1.23. The first kappa shape index (κ1) is 20.4. The van der Waals surface area contributed by atoms with Crippen molar-refractivity contribution in [2.75, 3.05) is 37.6 Å². The van der Waals surface area contributed by atoms with Crippen LogP contribution in [0.4, 0.5) is 5.69 Å². The Hall–Kier alpha value is -1.52. The maximum Gasteiger partial charge on any atom is 0.315 e. The lowest BCUT2D eigenvalue weighted by Gasteiger charge is -2.50. The van der Waals surface area contributed by atoms with E-state index in [2.05, 4.69) is 24.5 Å². The van der Waals surface area contributed by atoms with Crippen LogP contribution in [0.25, 0.3) is 0 Å². The maximum absolute atomic E-state index is 12.8. The number of esters is 1. The van der Waals surface area contributed by atoms with E-state index in [9.17, 15) is 4.79 Å². The van der Waals surface area contributed by atoms with Crippen LogP contribution in [-0.2, 0) is 9.53 Å². The number of halogens is 1. The summed E-state index contributed by atoms with van der Waals surface area (Å²) >= 11 is 6.17. The van der Waals surface area contributed by atoms with E-state index in [0.29, 0.717) is 11.8 Å². The number of anilines is 1. The molecule has 4 aliphatic rings. The number of nitrogens with zero attached hydrogens (tertiary/aromatic N) is 1. The fraction of sp³-hybridized carbons (Fsp3) is 0.640. The molecule has 0 bridgehead atoms. The van der Waals surface area contributed by atoms with Gasteiger partial charge < -0.3 is 14.5 Å². The van der Waals surface area contributed by atoms with Crippen molar-refractivity contribution >= 4 is 23.3 Å². The zero-order valence-electron chi connectivity index (χ0n) is 18.0. The van der Waals surface area contributed by atoms with Crippen molar-refractivity contribution in [2.45, 2.75) is 45.1 Å². The van der Waals surface area contributed by atoms with Gasteiger partial charge in [0.2, 0.25) is 0 Å². The molecule has 30 heavy (non-hydrogen) atoms. The number of nitrogens with one attached hydrogen (secondary N) is 1. The molecule has 2 saturated heterocycles. The molecule has 4 nitrogen and oxygen atoms in total. The first-order chi connectivity index (χ1) is 14.4. The van der Waals surface area contributed by atoms with Gasteiger partial charge in [0.25, 0.3) is 0 Å². The first-order valence-corrected chi connectivity index (χ1v) is 12.0. The molecule has 0 spiro atoms. The summed E-state index contributed by atoms with van der Waals surface area (Å²) in [6.07, 6.45) is 5.90. The van der Waals surface area contributed by atoms with Crippen molar-refractivity contribution in [1.29, 1.82) is 0 Å². The number of carbonyl (C=O) groups excluding carboxylic acids is 1. The summed E-state index contributed by atoms with van der Waals surface area (Å²) in [7, 11) is 0. The van der Waals surface area contributed by atoms with Gasteiger partial charge in [-0.15, -0.1) is 0 Å². The SMILES string of the molecule is C=C1CCC[C@]2(C)C[C@H]3OC(=O)[C@@H](C[NH+]4CCN(c5cccc(Cl)c5)CC4)[C@H]3C[C@@H]12. The van der Waals surface area contributed by atoms with Gasteiger partial charge in [-0.3, -0.25) is 4.79 Å². The number of hydrogen-bond donors (Lipinski definition) is 1. The van der Waals surface area contributed by atoms with Gasteiger partial charge in [0.1, 0.15) is 12.0 Å². The molecule has 1 N–H and O–H groups in total. The van der Waals surface area contributed by atoms with Crippen LogP contribution in [0.5, 0.6) is 0 Å². The zero-order valence-corrected chi connectivity index (χ0v) is 18.8. The molecule has 1 aromatic carbocycles. The zero-order chi connectivity index (χ0) is 20.9. The van der Waals surface area contributed by atoms with Crippen molar-refractivity contribution in [1.82, 2.24) is 0 Å². The number of piperazine rings is 1. The van der Waals surface area contributed by atoms with Gasteiger partial charge in [-0.2, -0.15) is 0 Å². The smallest absolute Gasteiger partial charge is 0.315 e. The van der Waals surface area contributed by atoms with E-state index in [1.54, 1.807) is 0 Å². The fourth-order valence-corrected chi connectivity index (χ4v) is 6.94. The molecule has 0 amide bonds. The lowest BCUT2D eigenvalue weighted by Crippen LogP contribution is -3.15. The van der Waals surface area contributed by atoms with Crippen LogP contribution in [0.3, 0.4) is 0 Å². The van der Waals surface area contributed by atoms with Crippen LogP contribution in [0.2, 0.25) is 5.02 Å². The van der Waals surface area contributed by atoms with E-state index in [1.807, 2.05) is 18.2 Å². The van der Waals surface area contributed by atoms with Gasteiger partial charge in [0, 0.05) is 16.6 Å². The highest BCUT2D eigenvalue weighted by Gasteiger charge is 2.56. The topological polar surface area (TPSA) is 34.0 Å². The summed E-state index contributed by atoms with van der Waals surface area (Å²) < 4.78 is 5.97. The van der Waals surface area contributed by atoms with Crippen molar-refractivity contribution in [3.05, 3.63) is 41.4 Å². The van der Waals surface area contributed by atoms with E-state index >= 15 is 0 Å². The van der Waals surface area contributed by atoms with Gasteiger partial charge in [-0.05, 0) is 61.6 Å². The third-order valence-corrected chi connectivity index (χ3v) is 8.71. The molecule has 2 saturated carbocycles. The minimum atomic E-state index is 0.0574. The Morgan fingerprint density at radius 2 is 2.13 bits per heavy atom. The van der Waals surface area contributed by atoms with Crippen molar-refractivity contribution < 1.29 is 14.4 Å². The van der Waals surface area contributed by atoms with Crippen LogP contribution >= 0.6 is 11.6 Å². The predicted octanol–water partition coefficient (Wildman–Crippen LogP) is 3.36. The van der Waals surface area contributed by atoms with E-state index in [-0.39, 0.29) is 23.4 Å². The van der Waals surface area contributed by atoms with Crippen LogP contribution in [0, 0.1) is 23.2 Å². The number of rotatable bonds is 3. The highest BCUT2D eigenvalue weighted by Crippen LogP contribution is 2.56. The third kappa shape index (κ3) is 3.67. The number of ether oxygens (including phenoxy) is 1. The Labute approximate surface area is 185 Å². The summed E-state index contributed by atoms with van der Waals surface area (Å²) in [5.41, 5.74) is 2.90. The van der Waals surface area contributed by atoms with Crippen LogP contribution < -0.4 is 9.80 Å². The molecule has 0 unspecified atom stereocenters. The van der Waals surface area contributed by atoms with Gasteiger partial charge in [-0.25, -0.2) is 0 Å². The van der Waals surface area contributed by atoms with E-state index < -0.39 is 0 Å². The standard InChI is InChI=1S/C25H33ClN2O2/c1-17-5-4-8-25(2)15-23-20(14-22(17)25)21(24(29)30-23)16-27-9-11-28(12-10-27)19-7-3-6-18(26)13-19/h3,6-7,13,20-23H,1,4-5,8-12,14-16H2,2H3/p+1/t20-,21+,22+,23-,25-/m1/s1. The Morgan fingerprint density at radius 3 is 2.90 bits per heavy atom. The Bertz CT molecular complexity index is 834. The predicted molar refractivity (Wildman–Crippen MR) is 120 cm³/mol. The lowest BCUT2D eigenvalue weighted by atomic mass is 9.55. The number of hydrogen-bond acceptors (Lipinski definition) is 3. The highest BCUT2D eigenvalue weighted by molar-refractivity contribution is 6.30. The Morgan fingerprint density at radius 1 is 1.33 bits per heavy atom. The van der Waals surface area contributed by atoms with Crippen molar-refractivity contribution in [3.63, 3.8) is 0 Å². The molecule has 2 aliphatic heterocycles. The summed E-state index contributed by atoms with van der Waals surface area (Å²) in [5, 5.41) is 0.788. The minimum absolute atomic E-state index is 0.0574. The van der Waals surface area contributed by atoms with Crippen LogP contribution in [-0.4, -0.2) is 44.8 Å². The van der Waals surface area contributed by atoms with Crippen LogP contribution in [0.15, 0.2) is 36.4 Å². The summed E-state index contributed by atoms with van der Waals surface area (Å²) in [5.74, 6) is 1.06. The lowest BCUT2D eigenvalue weighted by molar-refractivity contribution is -0.903. The number of quaternary nitrogens is 1. The van der Waals surface area contributed by atoms with E-state index in [1.165, 1.54) is 29.0 Å². The van der Waals surface area contributed by atoms with Crippen molar-refractivity contribution in [3.8, 4) is 0 Å². The summed E-state index contributed by atoms with van der Waals surface area (Å²) in [4.78, 5) is 16.8. The molecule has 2 aliphatic carbocycles. The molecular weight excluding hydrogens is 396 g/mol. The van der Waals surface area contributed by atoms with Gasteiger partial charge in [-0.1, -0.05) is 36.7 Å². The Kier molecular flexibility index (Phi) is 5.35. The number of fused-ring (bicyclic) bond motifs is 2. The second-order valence-electron chi connectivity index (χ2n) is 10.3. The summed E-state index contributed by atoms with van der Waals surface area (Å²) in [6.45, 7) is 11.9. The molecule has 0 radical (unpaired) electrons. The fourth-order valence-electron chi connectivity index (χ4n) is 6.76. The van der Waals surface area contributed by atoms with Gasteiger partial charge >= 0.3 is 5.97 Å². The van der Waals surface area contributed by atoms with Crippen molar-refractivity contribution in [2.24, 2.45) is 23.2 Å². The number of carbonyl (C=O) groups is 1. The van der Waals surface area contributed by atoms with E-state index in [4.69, 9.17) is 16.3 Å². The largest absolute Gasteiger partial charge is 0.462 e. The quantitative estimate of drug-likeness (QED) is 0.591. The van der Waals surface area contributed by atoms with Crippen LogP contribution in [0.1, 0.15) is 39.0 Å². The normalized spacial score (nSPS) is 36.9. The maximum atomic E-state index is 12.8. The molecule has 5 heteroatoms. The molecule has 5 atom stereocenters. The molecule has 0 aromatic heterocycles. The third-order valence-electron chi connectivity index (χ3n) is 8.47. The molecule has 2 heterocycles.